The lowest BCUT2D eigenvalue weighted by atomic mass is 10.3. The maximum atomic E-state index is 11.9. The summed E-state index contributed by atoms with van der Waals surface area (Å²) in [6, 6.07) is 8.22. The van der Waals surface area contributed by atoms with Gasteiger partial charge in [-0.25, -0.2) is 14.6 Å². The van der Waals surface area contributed by atoms with Gasteiger partial charge < -0.3 is 9.74 Å². The molecule has 0 atom stereocenters. The molecule has 1 heterocycles. The molecule has 0 saturated heterocycles. The molecule has 0 bridgehead atoms. The van der Waals surface area contributed by atoms with Crippen molar-refractivity contribution in [1.29, 1.82) is 0 Å². The highest BCUT2D eigenvalue weighted by Gasteiger charge is 2.10. The maximum absolute atomic E-state index is 11.9. The van der Waals surface area contributed by atoms with Crippen LogP contribution in [-0.4, -0.2) is 58.7 Å². The van der Waals surface area contributed by atoms with Crippen molar-refractivity contribution >= 4 is 26.8 Å². The Bertz CT molecular complexity index is 562. The second-order valence-electron chi connectivity index (χ2n) is 4.26. The van der Waals surface area contributed by atoms with Gasteiger partial charge in [0, 0.05) is 13.7 Å². The predicted octanol–water partition coefficient (Wildman–Crippen LogP) is 0.722. The molecular formula is C13H22N4O4Si. The second kappa shape index (κ2) is 10.8. The Morgan fingerprint density at radius 3 is 2.68 bits per heavy atom. The summed E-state index contributed by atoms with van der Waals surface area (Å²) < 4.78 is 6.37. The van der Waals surface area contributed by atoms with Gasteiger partial charge in [-0.1, -0.05) is 17.3 Å². The van der Waals surface area contributed by atoms with Gasteiger partial charge in [0.05, 0.1) is 19.7 Å². The van der Waals surface area contributed by atoms with Gasteiger partial charge in [-0.3, -0.25) is 0 Å². The molecule has 2 rings (SSSR count). The van der Waals surface area contributed by atoms with Gasteiger partial charge in [0.1, 0.15) is 5.52 Å². The highest BCUT2D eigenvalue weighted by molar-refractivity contribution is 6.26. The lowest BCUT2D eigenvalue weighted by Crippen LogP contribution is -2.30. The lowest BCUT2D eigenvalue weighted by Gasteiger charge is -2.04. The molecular weight excluding hydrogens is 304 g/mol. The zero-order chi connectivity index (χ0) is 16.2. The molecule has 1 aromatic heterocycles. The highest BCUT2D eigenvalue weighted by Crippen LogP contribution is 2.08. The van der Waals surface area contributed by atoms with E-state index in [0.717, 1.165) is 23.5 Å². The Morgan fingerprint density at radius 2 is 2.00 bits per heavy atom. The SMILES string of the molecule is COOC.CO[SiH2]CCCNC(=O)n1nnc2ccccc21. The summed E-state index contributed by atoms with van der Waals surface area (Å²) in [5.41, 5.74) is 1.45. The lowest BCUT2D eigenvalue weighted by molar-refractivity contribution is -0.248. The van der Waals surface area contributed by atoms with Crippen LogP contribution in [0, 0.1) is 0 Å². The minimum atomic E-state index is -0.395. The van der Waals surface area contributed by atoms with E-state index in [-0.39, 0.29) is 6.03 Å². The van der Waals surface area contributed by atoms with Crippen LogP contribution in [0.1, 0.15) is 6.42 Å². The number of nitrogens with one attached hydrogen (secondary N) is 1. The molecule has 0 fully saturated rings. The van der Waals surface area contributed by atoms with Crippen molar-refractivity contribution in [3.05, 3.63) is 24.3 Å². The van der Waals surface area contributed by atoms with Crippen LogP contribution in [0.5, 0.6) is 0 Å². The number of fused-ring (bicyclic) bond motifs is 1. The number of carbonyl (C=O) groups excluding carboxylic acids is 1. The zero-order valence-electron chi connectivity index (χ0n) is 13.1. The Hall–Kier alpha value is -1.81. The molecule has 8 nitrogen and oxygen atoms in total. The van der Waals surface area contributed by atoms with Crippen molar-refractivity contribution in [2.45, 2.75) is 12.5 Å². The first-order chi connectivity index (χ1) is 10.7. The summed E-state index contributed by atoms with van der Waals surface area (Å²) >= 11 is 0. The predicted molar refractivity (Wildman–Crippen MR) is 85.3 cm³/mol. The van der Waals surface area contributed by atoms with Crippen LogP contribution >= 0.6 is 0 Å². The van der Waals surface area contributed by atoms with Crippen molar-refractivity contribution in [2.24, 2.45) is 0 Å². The first kappa shape index (κ1) is 18.2. The Balaban J connectivity index is 0.000000541. The fourth-order valence-electron chi connectivity index (χ4n) is 1.66. The molecule has 1 amide bonds. The number of aromatic nitrogens is 3. The van der Waals surface area contributed by atoms with Gasteiger partial charge in [0.15, 0.2) is 9.76 Å². The third-order valence-corrected chi connectivity index (χ3v) is 3.96. The van der Waals surface area contributed by atoms with Crippen molar-refractivity contribution in [1.82, 2.24) is 20.3 Å². The summed E-state index contributed by atoms with van der Waals surface area (Å²) in [7, 11) is 4.25. The second-order valence-corrected chi connectivity index (χ2v) is 5.95. The first-order valence-electron chi connectivity index (χ1n) is 6.89. The van der Waals surface area contributed by atoms with Crippen molar-refractivity contribution in [3.63, 3.8) is 0 Å². The molecule has 0 aliphatic rings. The van der Waals surface area contributed by atoms with Gasteiger partial charge in [-0.05, 0) is 24.6 Å². The first-order valence-corrected chi connectivity index (χ1v) is 8.46. The van der Waals surface area contributed by atoms with E-state index in [2.05, 4.69) is 25.4 Å². The van der Waals surface area contributed by atoms with Crippen molar-refractivity contribution < 1.29 is 19.0 Å². The molecule has 0 aliphatic carbocycles. The van der Waals surface area contributed by atoms with Crippen molar-refractivity contribution in [2.75, 3.05) is 27.9 Å². The Kier molecular flexibility index (Phi) is 8.99. The summed E-state index contributed by atoms with van der Waals surface area (Å²) in [4.78, 5) is 20.0. The van der Waals surface area contributed by atoms with E-state index in [1.165, 1.54) is 18.9 Å². The number of benzene rings is 1. The number of rotatable bonds is 6. The van der Waals surface area contributed by atoms with Crippen LogP contribution in [0.2, 0.25) is 6.04 Å². The van der Waals surface area contributed by atoms with Gasteiger partial charge in [0.2, 0.25) is 0 Å². The molecule has 0 spiro atoms. The molecule has 2 aromatic rings. The van der Waals surface area contributed by atoms with E-state index in [1.807, 2.05) is 24.3 Å². The van der Waals surface area contributed by atoms with Crippen LogP contribution in [0.3, 0.4) is 0 Å². The number of nitrogens with zero attached hydrogens (tertiary/aromatic N) is 3. The quantitative estimate of drug-likeness (QED) is 0.364. The molecule has 0 aliphatic heterocycles. The van der Waals surface area contributed by atoms with E-state index in [1.54, 1.807) is 7.11 Å². The molecule has 1 aromatic carbocycles. The van der Waals surface area contributed by atoms with Gasteiger partial charge in [0.25, 0.3) is 0 Å². The number of hydrogen-bond donors (Lipinski definition) is 1. The monoisotopic (exact) mass is 326 g/mol. The number of para-hydroxylation sites is 1. The van der Waals surface area contributed by atoms with Gasteiger partial charge in [-0.2, -0.15) is 4.68 Å². The van der Waals surface area contributed by atoms with Crippen LogP contribution < -0.4 is 5.32 Å². The third kappa shape index (κ3) is 5.90. The van der Waals surface area contributed by atoms with Crippen LogP contribution in [0.4, 0.5) is 4.79 Å². The molecule has 1 N–H and O–H groups in total. The zero-order valence-corrected chi connectivity index (χ0v) is 14.5. The molecule has 0 unspecified atom stereocenters. The summed E-state index contributed by atoms with van der Waals surface area (Å²) in [5, 5.41) is 10.6. The highest BCUT2D eigenvalue weighted by atomic mass is 28.2. The molecule has 0 saturated carbocycles. The Morgan fingerprint density at radius 1 is 1.27 bits per heavy atom. The van der Waals surface area contributed by atoms with E-state index >= 15 is 0 Å². The normalized spacial score (nSPS) is 10.7. The Labute approximate surface area is 131 Å². The van der Waals surface area contributed by atoms with Gasteiger partial charge in [-0.15, -0.1) is 5.10 Å². The molecule has 22 heavy (non-hydrogen) atoms. The van der Waals surface area contributed by atoms with Gasteiger partial charge >= 0.3 is 6.03 Å². The summed E-state index contributed by atoms with van der Waals surface area (Å²) in [5.74, 6) is 0. The number of amides is 1. The fourth-order valence-corrected chi connectivity index (χ4v) is 2.40. The van der Waals surface area contributed by atoms with Crippen LogP contribution in [-0.2, 0) is 14.2 Å². The minimum Gasteiger partial charge on any atom is -0.427 e. The van der Waals surface area contributed by atoms with Crippen LogP contribution in [0.15, 0.2) is 24.3 Å². The van der Waals surface area contributed by atoms with E-state index in [0.29, 0.717) is 6.54 Å². The minimum absolute atomic E-state index is 0.234. The topological polar surface area (TPSA) is 87.5 Å². The standard InChI is InChI=1S/C11H16N4O2Si.C2H6O2/c1-17-18-8-4-7-12-11(16)15-10-6-3-2-5-9(10)13-14-15;1-3-4-2/h2-3,5-6H,4,7-8,18H2,1H3,(H,12,16);1-2H3. The molecule has 0 radical (unpaired) electrons. The largest absolute Gasteiger partial charge is 0.427 e. The smallest absolute Gasteiger partial charge is 0.344 e. The van der Waals surface area contributed by atoms with Crippen LogP contribution in [0.25, 0.3) is 11.0 Å². The summed E-state index contributed by atoms with van der Waals surface area (Å²) in [6.07, 6.45) is 0.943. The average Bonchev–Trinajstić information content (AvgIpc) is 2.99. The summed E-state index contributed by atoms with van der Waals surface area (Å²) in [6.45, 7) is 0.642. The number of carbonyl (C=O) groups is 1. The van der Waals surface area contributed by atoms with E-state index < -0.39 is 9.76 Å². The van der Waals surface area contributed by atoms with E-state index in [9.17, 15) is 4.79 Å². The molecule has 122 valence electrons. The molecule has 9 heteroatoms. The fraction of sp³-hybridized carbons (Fsp3) is 0.462. The number of hydrogen-bond acceptors (Lipinski definition) is 6. The van der Waals surface area contributed by atoms with E-state index in [4.69, 9.17) is 4.43 Å². The third-order valence-electron chi connectivity index (χ3n) is 2.76. The average molecular weight is 326 g/mol. The maximum Gasteiger partial charge on any atom is 0.344 e. The van der Waals surface area contributed by atoms with Crippen molar-refractivity contribution in [3.8, 4) is 0 Å².